The van der Waals surface area contributed by atoms with Crippen LogP contribution in [0.5, 0.6) is 0 Å². The zero-order valence-corrected chi connectivity index (χ0v) is 10.2. The smallest absolute Gasteiger partial charge is 0.340 e. The molecule has 6 heteroatoms. The summed E-state index contributed by atoms with van der Waals surface area (Å²) in [5, 5.41) is 2.85. The van der Waals surface area contributed by atoms with Gasteiger partial charge in [0.15, 0.2) is 5.82 Å². The summed E-state index contributed by atoms with van der Waals surface area (Å²) in [6.45, 7) is 0. The van der Waals surface area contributed by atoms with Gasteiger partial charge in [-0.1, -0.05) is 6.07 Å². The quantitative estimate of drug-likeness (QED) is 0.829. The number of hydrogen-bond acceptors (Lipinski definition) is 5. The number of anilines is 3. The maximum atomic E-state index is 13.1. The Balaban J connectivity index is 2.33. The number of rotatable bonds is 3. The van der Waals surface area contributed by atoms with Gasteiger partial charge in [0, 0.05) is 11.9 Å². The number of methoxy groups -OCH3 is 1. The van der Waals surface area contributed by atoms with E-state index in [0.717, 1.165) is 0 Å². The number of benzene rings is 1. The fourth-order valence-corrected chi connectivity index (χ4v) is 1.56. The topological polar surface area (TPSA) is 77.2 Å². The molecule has 1 heterocycles. The van der Waals surface area contributed by atoms with Gasteiger partial charge in [0.25, 0.3) is 0 Å². The van der Waals surface area contributed by atoms with Gasteiger partial charge >= 0.3 is 5.97 Å². The first-order chi connectivity index (χ1) is 9.11. The van der Waals surface area contributed by atoms with Crippen LogP contribution in [0.2, 0.25) is 0 Å². The van der Waals surface area contributed by atoms with Gasteiger partial charge < -0.3 is 15.8 Å². The van der Waals surface area contributed by atoms with Crippen molar-refractivity contribution in [2.75, 3.05) is 18.2 Å². The van der Waals surface area contributed by atoms with Crippen LogP contribution < -0.4 is 11.1 Å². The second-order valence-electron chi connectivity index (χ2n) is 3.75. The predicted molar refractivity (Wildman–Crippen MR) is 69.7 cm³/mol. The highest BCUT2D eigenvalue weighted by atomic mass is 19.1. The number of nitrogens with two attached hydrogens (primary N) is 1. The van der Waals surface area contributed by atoms with Crippen molar-refractivity contribution in [1.82, 2.24) is 4.98 Å². The summed E-state index contributed by atoms with van der Waals surface area (Å²) in [7, 11) is 1.27. The van der Waals surface area contributed by atoms with E-state index in [0.29, 0.717) is 5.69 Å². The normalized spacial score (nSPS) is 10.0. The minimum atomic E-state index is -0.554. The van der Waals surface area contributed by atoms with Gasteiger partial charge in [-0.25, -0.2) is 14.2 Å². The molecule has 1 aromatic heterocycles. The molecule has 0 aliphatic heterocycles. The maximum Gasteiger partial charge on any atom is 0.340 e. The van der Waals surface area contributed by atoms with E-state index in [2.05, 4.69) is 15.0 Å². The number of pyridine rings is 1. The number of ether oxygens (including phenoxy) is 1. The molecule has 0 fully saturated rings. The Morgan fingerprint density at radius 2 is 2.21 bits per heavy atom. The highest BCUT2D eigenvalue weighted by Crippen LogP contribution is 2.24. The van der Waals surface area contributed by atoms with Crippen molar-refractivity contribution in [2.24, 2.45) is 0 Å². The summed E-state index contributed by atoms with van der Waals surface area (Å²) in [5.41, 5.74) is 6.67. The van der Waals surface area contributed by atoms with E-state index in [4.69, 9.17) is 5.73 Å². The van der Waals surface area contributed by atoms with Crippen molar-refractivity contribution >= 4 is 23.2 Å². The van der Waals surface area contributed by atoms with Crippen LogP contribution in [-0.2, 0) is 4.74 Å². The molecule has 0 aliphatic carbocycles. The second kappa shape index (κ2) is 5.34. The number of nitrogens with zero attached hydrogens (tertiary/aromatic N) is 1. The first-order valence-corrected chi connectivity index (χ1v) is 5.47. The third kappa shape index (κ3) is 2.79. The molecular formula is C13H12FN3O2. The fraction of sp³-hybridized carbons (Fsp3) is 0.0769. The molecule has 0 amide bonds. The maximum absolute atomic E-state index is 13.1. The summed E-state index contributed by atoms with van der Waals surface area (Å²) in [6.07, 6.45) is 1.42. The molecule has 2 aromatic rings. The highest BCUT2D eigenvalue weighted by molar-refractivity contribution is 5.97. The van der Waals surface area contributed by atoms with Crippen LogP contribution in [0.4, 0.5) is 21.6 Å². The number of nitrogen functional groups attached to an aromatic ring is 1. The summed E-state index contributed by atoms with van der Waals surface area (Å²) in [6, 6.07) is 7.30. The Morgan fingerprint density at radius 1 is 1.42 bits per heavy atom. The molecule has 0 saturated carbocycles. The van der Waals surface area contributed by atoms with Crippen LogP contribution >= 0.6 is 0 Å². The summed E-state index contributed by atoms with van der Waals surface area (Å²) >= 11 is 0. The van der Waals surface area contributed by atoms with Gasteiger partial charge in [-0.2, -0.15) is 0 Å². The number of carbonyl (C=O) groups is 1. The average molecular weight is 261 g/mol. The van der Waals surface area contributed by atoms with Crippen LogP contribution in [0.15, 0.2) is 36.5 Å². The average Bonchev–Trinajstić information content (AvgIpc) is 2.40. The molecule has 0 saturated heterocycles. The van der Waals surface area contributed by atoms with Crippen LogP contribution in [0.3, 0.4) is 0 Å². The fourth-order valence-electron chi connectivity index (χ4n) is 1.56. The van der Waals surface area contributed by atoms with Gasteiger partial charge in [0.05, 0.1) is 18.4 Å². The molecule has 98 valence electrons. The molecule has 0 bridgehead atoms. The lowest BCUT2D eigenvalue weighted by Gasteiger charge is -2.10. The lowest BCUT2D eigenvalue weighted by atomic mass is 10.2. The molecule has 19 heavy (non-hydrogen) atoms. The number of esters is 1. The molecule has 0 aliphatic rings. The van der Waals surface area contributed by atoms with E-state index < -0.39 is 5.97 Å². The van der Waals surface area contributed by atoms with Crippen molar-refractivity contribution in [1.29, 1.82) is 0 Å². The van der Waals surface area contributed by atoms with E-state index >= 15 is 0 Å². The number of aromatic nitrogens is 1. The van der Waals surface area contributed by atoms with Crippen molar-refractivity contribution in [2.45, 2.75) is 0 Å². The zero-order chi connectivity index (χ0) is 13.8. The first kappa shape index (κ1) is 12.8. The van der Waals surface area contributed by atoms with Crippen LogP contribution in [0.1, 0.15) is 10.4 Å². The van der Waals surface area contributed by atoms with Crippen molar-refractivity contribution in [3.05, 3.63) is 47.9 Å². The third-order valence-corrected chi connectivity index (χ3v) is 2.48. The third-order valence-electron chi connectivity index (χ3n) is 2.48. The lowest BCUT2D eigenvalue weighted by molar-refractivity contribution is 0.0602. The van der Waals surface area contributed by atoms with E-state index in [-0.39, 0.29) is 22.9 Å². The molecule has 0 radical (unpaired) electrons. The molecule has 0 spiro atoms. The molecule has 3 N–H and O–H groups in total. The molecule has 2 rings (SSSR count). The van der Waals surface area contributed by atoms with Crippen molar-refractivity contribution in [3.63, 3.8) is 0 Å². The number of nitrogens with one attached hydrogen (secondary N) is 1. The molecule has 0 atom stereocenters. The second-order valence-corrected chi connectivity index (χ2v) is 3.75. The van der Waals surface area contributed by atoms with E-state index in [1.165, 1.54) is 31.5 Å². The predicted octanol–water partition coefficient (Wildman–Crippen LogP) is 2.33. The van der Waals surface area contributed by atoms with Crippen molar-refractivity contribution < 1.29 is 13.9 Å². The van der Waals surface area contributed by atoms with Crippen LogP contribution in [0.25, 0.3) is 0 Å². The zero-order valence-electron chi connectivity index (χ0n) is 10.2. The molecule has 1 aromatic carbocycles. The Hall–Kier alpha value is -2.63. The van der Waals surface area contributed by atoms with E-state index in [1.807, 2.05) is 0 Å². The van der Waals surface area contributed by atoms with Gasteiger partial charge in [-0.05, 0) is 24.3 Å². The number of hydrogen-bond donors (Lipinski definition) is 2. The number of carbonyl (C=O) groups excluding carboxylic acids is 1. The van der Waals surface area contributed by atoms with Gasteiger partial charge in [0.1, 0.15) is 5.82 Å². The van der Waals surface area contributed by atoms with Crippen molar-refractivity contribution in [3.8, 4) is 0 Å². The molecule has 5 nitrogen and oxygen atoms in total. The first-order valence-electron chi connectivity index (χ1n) is 5.47. The lowest BCUT2D eigenvalue weighted by Crippen LogP contribution is -2.09. The monoisotopic (exact) mass is 261 g/mol. The summed E-state index contributed by atoms with van der Waals surface area (Å²) in [4.78, 5) is 15.5. The van der Waals surface area contributed by atoms with E-state index in [1.54, 1.807) is 12.1 Å². The Bertz CT molecular complexity index is 617. The summed E-state index contributed by atoms with van der Waals surface area (Å²) in [5.74, 6) is -0.664. The minimum absolute atomic E-state index is 0.151. The van der Waals surface area contributed by atoms with Crippen LogP contribution in [-0.4, -0.2) is 18.1 Å². The number of halogens is 1. The van der Waals surface area contributed by atoms with Gasteiger partial charge in [0.2, 0.25) is 0 Å². The molecular weight excluding hydrogens is 249 g/mol. The van der Waals surface area contributed by atoms with Crippen LogP contribution in [0, 0.1) is 5.82 Å². The standard InChI is InChI=1S/C13H12FN3O2/c1-19-13(18)10-5-6-16-12(11(10)15)17-9-4-2-3-8(14)7-9/h2-7H,15H2,1H3,(H,16,17). The largest absolute Gasteiger partial charge is 0.465 e. The Morgan fingerprint density at radius 3 is 2.89 bits per heavy atom. The summed E-state index contributed by atoms with van der Waals surface area (Å²) < 4.78 is 17.7. The van der Waals surface area contributed by atoms with Gasteiger partial charge in [-0.3, -0.25) is 0 Å². The Labute approximate surface area is 109 Å². The minimum Gasteiger partial charge on any atom is -0.465 e. The van der Waals surface area contributed by atoms with E-state index in [9.17, 15) is 9.18 Å². The highest BCUT2D eigenvalue weighted by Gasteiger charge is 2.13. The van der Waals surface area contributed by atoms with Gasteiger partial charge in [-0.15, -0.1) is 0 Å². The Kier molecular flexibility index (Phi) is 3.61. The molecule has 0 unspecified atom stereocenters. The SMILES string of the molecule is COC(=O)c1ccnc(Nc2cccc(F)c2)c1N.